The Hall–Kier alpha value is -1.52. The van der Waals surface area contributed by atoms with Crippen LogP contribution >= 0.6 is 0 Å². The van der Waals surface area contributed by atoms with Gasteiger partial charge in [0.15, 0.2) is 5.57 Å². The SMILES string of the molecule is O=C(O)C1=C(O)C(CC2CCCCC2)NC1=O. The first-order valence-corrected chi connectivity index (χ1v) is 6.07. The molecule has 0 bridgehead atoms. The van der Waals surface area contributed by atoms with E-state index in [1.807, 2.05) is 0 Å². The molecule has 0 aromatic carbocycles. The predicted molar refractivity (Wildman–Crippen MR) is 60.4 cm³/mol. The lowest BCUT2D eigenvalue weighted by Gasteiger charge is -2.24. The number of carbonyl (C=O) groups excluding carboxylic acids is 1. The second-order valence-corrected chi connectivity index (χ2v) is 4.83. The van der Waals surface area contributed by atoms with Crippen LogP contribution in [0, 0.1) is 5.92 Å². The van der Waals surface area contributed by atoms with Crippen LogP contribution in [0.5, 0.6) is 0 Å². The molecule has 1 amide bonds. The normalized spacial score (nSPS) is 26.1. The van der Waals surface area contributed by atoms with Gasteiger partial charge in [0.05, 0.1) is 6.04 Å². The number of rotatable bonds is 3. The topological polar surface area (TPSA) is 86.6 Å². The fourth-order valence-corrected chi connectivity index (χ4v) is 2.72. The second-order valence-electron chi connectivity index (χ2n) is 4.83. The first kappa shape index (κ1) is 12.0. The third-order valence-corrected chi connectivity index (χ3v) is 3.63. The summed E-state index contributed by atoms with van der Waals surface area (Å²) in [5.74, 6) is -1.85. The average molecular weight is 239 g/mol. The summed E-state index contributed by atoms with van der Waals surface area (Å²) in [6.45, 7) is 0. The van der Waals surface area contributed by atoms with Crippen LogP contribution in [0.15, 0.2) is 11.3 Å². The Morgan fingerprint density at radius 1 is 1.29 bits per heavy atom. The molecule has 94 valence electrons. The summed E-state index contributed by atoms with van der Waals surface area (Å²) in [6, 6.07) is -0.503. The fourth-order valence-electron chi connectivity index (χ4n) is 2.72. The Bertz CT molecular complexity index is 369. The molecular formula is C12H17NO4. The molecule has 1 saturated carbocycles. The lowest BCUT2D eigenvalue weighted by atomic mass is 9.84. The lowest BCUT2D eigenvalue weighted by Crippen LogP contribution is -2.31. The highest BCUT2D eigenvalue weighted by Gasteiger charge is 2.37. The van der Waals surface area contributed by atoms with Crippen LogP contribution in [0.25, 0.3) is 0 Å². The van der Waals surface area contributed by atoms with Gasteiger partial charge in [0.2, 0.25) is 0 Å². The highest BCUT2D eigenvalue weighted by atomic mass is 16.4. The van der Waals surface area contributed by atoms with Crippen LogP contribution in [0.1, 0.15) is 38.5 Å². The summed E-state index contributed by atoms with van der Waals surface area (Å²) >= 11 is 0. The van der Waals surface area contributed by atoms with Gasteiger partial charge in [0.1, 0.15) is 5.76 Å². The van der Waals surface area contributed by atoms with Gasteiger partial charge in [0.25, 0.3) is 5.91 Å². The van der Waals surface area contributed by atoms with Crippen molar-refractivity contribution in [2.24, 2.45) is 5.92 Å². The smallest absolute Gasteiger partial charge is 0.344 e. The van der Waals surface area contributed by atoms with E-state index in [9.17, 15) is 14.7 Å². The third kappa shape index (κ3) is 2.43. The van der Waals surface area contributed by atoms with Crippen molar-refractivity contribution in [3.63, 3.8) is 0 Å². The van der Waals surface area contributed by atoms with Gasteiger partial charge in [-0.15, -0.1) is 0 Å². The molecule has 1 unspecified atom stereocenters. The zero-order valence-electron chi connectivity index (χ0n) is 9.61. The first-order chi connectivity index (χ1) is 8.09. The predicted octanol–water partition coefficient (Wildman–Crippen LogP) is 1.35. The molecule has 17 heavy (non-hydrogen) atoms. The number of aliphatic carboxylic acids is 1. The summed E-state index contributed by atoms with van der Waals surface area (Å²) in [7, 11) is 0. The van der Waals surface area contributed by atoms with E-state index < -0.39 is 23.5 Å². The van der Waals surface area contributed by atoms with Gasteiger partial charge in [-0.2, -0.15) is 0 Å². The van der Waals surface area contributed by atoms with Crippen LogP contribution < -0.4 is 5.32 Å². The molecule has 0 spiro atoms. The zero-order valence-corrected chi connectivity index (χ0v) is 9.61. The number of carboxylic acids is 1. The Balaban J connectivity index is 2.03. The first-order valence-electron chi connectivity index (χ1n) is 6.07. The van der Waals surface area contributed by atoms with Crippen molar-refractivity contribution in [1.29, 1.82) is 0 Å². The van der Waals surface area contributed by atoms with Gasteiger partial charge < -0.3 is 15.5 Å². The van der Waals surface area contributed by atoms with E-state index in [0.29, 0.717) is 12.3 Å². The lowest BCUT2D eigenvalue weighted by molar-refractivity contribution is -0.134. The summed E-state index contributed by atoms with van der Waals surface area (Å²) in [5, 5.41) is 21.1. The number of hydrogen-bond acceptors (Lipinski definition) is 3. The van der Waals surface area contributed by atoms with Crippen molar-refractivity contribution in [2.75, 3.05) is 0 Å². The van der Waals surface area contributed by atoms with E-state index in [2.05, 4.69) is 5.32 Å². The molecule has 3 N–H and O–H groups in total. The van der Waals surface area contributed by atoms with E-state index in [4.69, 9.17) is 5.11 Å². The van der Waals surface area contributed by atoms with Gasteiger partial charge in [0, 0.05) is 0 Å². The number of aliphatic hydroxyl groups excluding tert-OH is 1. The Morgan fingerprint density at radius 2 is 1.94 bits per heavy atom. The maximum atomic E-state index is 11.4. The summed E-state index contributed by atoms with van der Waals surface area (Å²) < 4.78 is 0. The third-order valence-electron chi connectivity index (χ3n) is 3.63. The molecule has 1 heterocycles. The molecule has 1 aliphatic carbocycles. The van der Waals surface area contributed by atoms with E-state index in [-0.39, 0.29) is 5.76 Å². The number of amides is 1. The van der Waals surface area contributed by atoms with Crippen LogP contribution in [-0.4, -0.2) is 28.1 Å². The van der Waals surface area contributed by atoms with E-state index in [1.54, 1.807) is 0 Å². The van der Waals surface area contributed by atoms with Crippen molar-refractivity contribution in [1.82, 2.24) is 5.32 Å². The molecule has 0 aromatic rings. The number of hydrogen-bond donors (Lipinski definition) is 3. The maximum Gasteiger partial charge on any atom is 0.344 e. The highest BCUT2D eigenvalue weighted by Crippen LogP contribution is 2.30. The minimum atomic E-state index is -1.36. The molecular weight excluding hydrogens is 222 g/mol. The molecule has 5 heteroatoms. The fraction of sp³-hybridized carbons (Fsp3) is 0.667. The highest BCUT2D eigenvalue weighted by molar-refractivity contribution is 6.17. The van der Waals surface area contributed by atoms with E-state index in [1.165, 1.54) is 19.3 Å². The van der Waals surface area contributed by atoms with E-state index in [0.717, 1.165) is 12.8 Å². The standard InChI is InChI=1S/C12H17NO4/c14-10-8(6-7-4-2-1-3-5-7)13-11(15)9(10)12(16)17/h7-8,14H,1-6H2,(H,13,15)(H,16,17). The largest absolute Gasteiger partial charge is 0.509 e. The minimum absolute atomic E-state index is 0.298. The average Bonchev–Trinajstić information content (AvgIpc) is 2.55. The van der Waals surface area contributed by atoms with Crippen molar-refractivity contribution in [3.8, 4) is 0 Å². The quantitative estimate of drug-likeness (QED) is 0.649. The summed E-state index contributed by atoms with van der Waals surface area (Å²) in [4.78, 5) is 22.1. The monoisotopic (exact) mass is 239 g/mol. The molecule has 2 aliphatic rings. The Kier molecular flexibility index (Phi) is 3.36. The molecule has 1 atom stereocenters. The zero-order chi connectivity index (χ0) is 12.4. The number of aliphatic hydroxyl groups is 1. The molecule has 0 aromatic heterocycles. The number of carbonyl (C=O) groups is 2. The van der Waals surface area contributed by atoms with Gasteiger partial charge in [-0.05, 0) is 12.3 Å². The van der Waals surface area contributed by atoms with Crippen LogP contribution in [0.4, 0.5) is 0 Å². The summed E-state index contributed by atoms with van der Waals surface area (Å²) in [5.41, 5.74) is -0.495. The van der Waals surface area contributed by atoms with Gasteiger partial charge in [-0.1, -0.05) is 32.1 Å². The molecule has 0 radical (unpaired) electrons. The van der Waals surface area contributed by atoms with Crippen LogP contribution in [0.2, 0.25) is 0 Å². The van der Waals surface area contributed by atoms with E-state index >= 15 is 0 Å². The van der Waals surface area contributed by atoms with Crippen molar-refractivity contribution in [3.05, 3.63) is 11.3 Å². The minimum Gasteiger partial charge on any atom is -0.509 e. The van der Waals surface area contributed by atoms with Crippen LogP contribution in [0.3, 0.4) is 0 Å². The van der Waals surface area contributed by atoms with Crippen LogP contribution in [-0.2, 0) is 9.59 Å². The molecule has 2 rings (SSSR count). The van der Waals surface area contributed by atoms with Crippen molar-refractivity contribution >= 4 is 11.9 Å². The molecule has 0 saturated heterocycles. The number of carboxylic acid groups (broad SMARTS) is 1. The molecule has 5 nitrogen and oxygen atoms in total. The number of nitrogens with one attached hydrogen (secondary N) is 1. The Labute approximate surface area is 99.5 Å². The van der Waals surface area contributed by atoms with Crippen molar-refractivity contribution in [2.45, 2.75) is 44.6 Å². The summed E-state index contributed by atoms with van der Waals surface area (Å²) in [6.07, 6.45) is 6.46. The molecule has 1 aliphatic heterocycles. The van der Waals surface area contributed by atoms with Gasteiger partial charge in [-0.25, -0.2) is 4.79 Å². The van der Waals surface area contributed by atoms with Gasteiger partial charge in [-0.3, -0.25) is 4.79 Å². The second kappa shape index (κ2) is 4.77. The van der Waals surface area contributed by atoms with Gasteiger partial charge >= 0.3 is 5.97 Å². The van der Waals surface area contributed by atoms with Crippen molar-refractivity contribution < 1.29 is 19.8 Å². The Morgan fingerprint density at radius 3 is 2.47 bits per heavy atom. The molecule has 1 fully saturated rings. The maximum absolute atomic E-state index is 11.4.